The van der Waals surface area contributed by atoms with Crippen LogP contribution in [-0.2, 0) is 19.1 Å². The van der Waals surface area contributed by atoms with E-state index in [4.69, 9.17) is 4.74 Å². The van der Waals surface area contributed by atoms with Crippen LogP contribution >= 0.6 is 12.4 Å². The number of nitrogens with zero attached hydrogens (tertiary/aromatic N) is 1. The number of hydrogen-bond acceptors (Lipinski definition) is 4. The fourth-order valence-electron chi connectivity index (χ4n) is 2.12. The van der Waals surface area contributed by atoms with E-state index in [0.717, 1.165) is 36.3 Å². The van der Waals surface area contributed by atoms with E-state index in [1.165, 1.54) is 26.4 Å². The fourth-order valence-corrected chi connectivity index (χ4v) is 2.12. The number of likely N-dealkylation sites (N-methyl/N-ethyl adjacent to an activating group) is 1. The smallest absolute Gasteiger partial charge is 0.331 e. The summed E-state index contributed by atoms with van der Waals surface area (Å²) in [6.45, 7) is 3.52. The summed E-state index contributed by atoms with van der Waals surface area (Å²) >= 11 is 0. The summed E-state index contributed by atoms with van der Waals surface area (Å²) in [5.74, 6) is -1.05. The van der Waals surface area contributed by atoms with Gasteiger partial charge in [0.1, 0.15) is 13.2 Å². The van der Waals surface area contributed by atoms with Crippen LogP contribution in [0.25, 0.3) is 0 Å². The number of quaternary nitrogens is 1. The van der Waals surface area contributed by atoms with Gasteiger partial charge in [0.25, 0.3) is 0 Å². The second-order valence-corrected chi connectivity index (χ2v) is 4.87. The van der Waals surface area contributed by atoms with Gasteiger partial charge >= 0.3 is 11.9 Å². The van der Waals surface area contributed by atoms with Crippen LogP contribution in [0.2, 0.25) is 0 Å². The lowest BCUT2D eigenvalue weighted by molar-refractivity contribution is -0.914. The van der Waals surface area contributed by atoms with Crippen molar-refractivity contribution in [2.45, 2.75) is 19.3 Å². The third-order valence-electron chi connectivity index (χ3n) is 3.33. The van der Waals surface area contributed by atoms with Crippen LogP contribution < -0.4 is 0 Å². The van der Waals surface area contributed by atoms with E-state index in [1.807, 2.05) is 0 Å². The summed E-state index contributed by atoms with van der Waals surface area (Å²) in [4.78, 5) is 22.1. The second-order valence-electron chi connectivity index (χ2n) is 4.87. The summed E-state index contributed by atoms with van der Waals surface area (Å²) in [5, 5.41) is 0. The molecular formula is C13H23ClNO4+. The number of rotatable bonds is 5. The highest BCUT2D eigenvalue weighted by molar-refractivity contribution is 5.91. The first-order valence-electron chi connectivity index (χ1n) is 6.32. The Balaban J connectivity index is 0.00000324. The molecule has 0 atom stereocenters. The molecule has 6 heteroatoms. The number of carbonyl (C=O) groups excluding carboxylic acids is 2. The van der Waals surface area contributed by atoms with Crippen LogP contribution in [0.3, 0.4) is 0 Å². The molecule has 0 aliphatic carbocycles. The van der Waals surface area contributed by atoms with Gasteiger partial charge in [0, 0.05) is 12.2 Å². The standard InChI is InChI=1S/C13H22NO4.ClH/c1-14(8-4-3-5-9-14)10-11-18-13(16)7-6-12(15)17-2;/h6-7H,3-5,8-11H2,1-2H3;1H/q+1;/b7-6+;. The van der Waals surface area contributed by atoms with Crippen LogP contribution in [0, 0.1) is 0 Å². The number of halogens is 1. The minimum Gasteiger partial charge on any atom is -0.466 e. The van der Waals surface area contributed by atoms with E-state index < -0.39 is 11.9 Å². The van der Waals surface area contributed by atoms with Gasteiger partial charge in [-0.2, -0.15) is 0 Å². The largest absolute Gasteiger partial charge is 0.466 e. The molecule has 0 bridgehead atoms. The van der Waals surface area contributed by atoms with Crippen molar-refractivity contribution in [1.29, 1.82) is 0 Å². The van der Waals surface area contributed by atoms with Gasteiger partial charge in [0.2, 0.25) is 0 Å². The lowest BCUT2D eigenvalue weighted by atomic mass is 10.1. The third-order valence-corrected chi connectivity index (χ3v) is 3.33. The molecule has 5 nitrogen and oxygen atoms in total. The first kappa shape index (κ1) is 17.9. The number of esters is 2. The van der Waals surface area contributed by atoms with Crippen LogP contribution in [0.4, 0.5) is 0 Å². The van der Waals surface area contributed by atoms with Gasteiger partial charge in [-0.3, -0.25) is 0 Å². The number of carbonyl (C=O) groups is 2. The van der Waals surface area contributed by atoms with Crippen LogP contribution in [0.15, 0.2) is 12.2 Å². The molecule has 1 fully saturated rings. The van der Waals surface area contributed by atoms with Crippen molar-refractivity contribution >= 4 is 24.3 Å². The van der Waals surface area contributed by atoms with E-state index in [0.29, 0.717) is 6.61 Å². The molecule has 1 heterocycles. The van der Waals surface area contributed by atoms with Gasteiger partial charge in [0.15, 0.2) is 0 Å². The average Bonchev–Trinajstić information content (AvgIpc) is 2.36. The van der Waals surface area contributed by atoms with Crippen molar-refractivity contribution in [3.8, 4) is 0 Å². The topological polar surface area (TPSA) is 52.6 Å². The Labute approximate surface area is 120 Å². The quantitative estimate of drug-likeness (QED) is 0.436. The van der Waals surface area contributed by atoms with Gasteiger partial charge in [-0.15, -0.1) is 12.4 Å². The van der Waals surface area contributed by atoms with Crippen LogP contribution in [0.1, 0.15) is 19.3 Å². The van der Waals surface area contributed by atoms with Gasteiger partial charge in [-0.1, -0.05) is 0 Å². The van der Waals surface area contributed by atoms with Crippen molar-refractivity contribution in [2.75, 3.05) is 40.4 Å². The minimum atomic E-state index is -0.554. The molecule has 0 unspecified atom stereocenters. The number of methoxy groups -OCH3 is 1. The zero-order valence-corrected chi connectivity index (χ0v) is 12.4. The van der Waals surface area contributed by atoms with Gasteiger partial charge in [-0.05, 0) is 19.3 Å². The molecule has 1 aliphatic rings. The number of likely N-dealkylation sites (tertiary alicyclic amines) is 1. The van der Waals surface area contributed by atoms with Crippen molar-refractivity contribution < 1.29 is 23.5 Å². The van der Waals surface area contributed by atoms with Crippen molar-refractivity contribution in [2.24, 2.45) is 0 Å². The Morgan fingerprint density at radius 2 is 1.68 bits per heavy atom. The maximum absolute atomic E-state index is 11.3. The first-order chi connectivity index (χ1) is 8.56. The zero-order chi connectivity index (χ0) is 13.4. The Bertz CT molecular complexity index is 325. The molecule has 0 saturated carbocycles. The zero-order valence-electron chi connectivity index (χ0n) is 11.6. The third kappa shape index (κ3) is 7.18. The summed E-state index contributed by atoms with van der Waals surface area (Å²) in [7, 11) is 3.46. The van der Waals surface area contributed by atoms with Gasteiger partial charge < -0.3 is 14.0 Å². The molecular weight excluding hydrogens is 270 g/mol. The van der Waals surface area contributed by atoms with Gasteiger partial charge in [0.05, 0.1) is 27.2 Å². The predicted octanol–water partition coefficient (Wildman–Crippen LogP) is 1.31. The Morgan fingerprint density at radius 3 is 2.26 bits per heavy atom. The summed E-state index contributed by atoms with van der Waals surface area (Å²) in [5.41, 5.74) is 0. The maximum atomic E-state index is 11.3. The normalized spacial score (nSPS) is 17.6. The molecule has 110 valence electrons. The summed E-state index contributed by atoms with van der Waals surface area (Å²) < 4.78 is 10.4. The van der Waals surface area contributed by atoms with E-state index in [9.17, 15) is 9.59 Å². The second kappa shape index (κ2) is 8.93. The number of hydrogen-bond donors (Lipinski definition) is 0. The molecule has 1 rings (SSSR count). The van der Waals surface area contributed by atoms with Crippen LogP contribution in [0.5, 0.6) is 0 Å². The number of piperidine rings is 1. The van der Waals surface area contributed by atoms with Crippen molar-refractivity contribution in [1.82, 2.24) is 0 Å². The lowest BCUT2D eigenvalue weighted by Crippen LogP contribution is -2.49. The predicted molar refractivity (Wildman–Crippen MR) is 74.0 cm³/mol. The van der Waals surface area contributed by atoms with E-state index >= 15 is 0 Å². The highest BCUT2D eigenvalue weighted by atomic mass is 35.5. The number of ether oxygens (including phenoxy) is 2. The van der Waals surface area contributed by atoms with Gasteiger partial charge in [-0.25, -0.2) is 9.59 Å². The average molecular weight is 293 g/mol. The van der Waals surface area contributed by atoms with E-state index in [1.54, 1.807) is 0 Å². The Kier molecular flexibility index (Phi) is 8.43. The fraction of sp³-hybridized carbons (Fsp3) is 0.692. The minimum absolute atomic E-state index is 0. The summed E-state index contributed by atoms with van der Waals surface area (Å²) in [6, 6.07) is 0. The molecule has 0 radical (unpaired) electrons. The Hall–Kier alpha value is -1.07. The molecule has 1 saturated heterocycles. The highest BCUT2D eigenvalue weighted by Gasteiger charge is 2.24. The van der Waals surface area contributed by atoms with Crippen molar-refractivity contribution in [3.05, 3.63) is 12.2 Å². The molecule has 0 spiro atoms. The molecule has 0 amide bonds. The molecule has 0 aromatic rings. The Morgan fingerprint density at radius 1 is 1.11 bits per heavy atom. The van der Waals surface area contributed by atoms with E-state index in [2.05, 4.69) is 11.8 Å². The first-order valence-corrected chi connectivity index (χ1v) is 6.32. The highest BCUT2D eigenvalue weighted by Crippen LogP contribution is 2.15. The molecule has 19 heavy (non-hydrogen) atoms. The van der Waals surface area contributed by atoms with Crippen LogP contribution in [-0.4, -0.2) is 56.8 Å². The van der Waals surface area contributed by atoms with E-state index in [-0.39, 0.29) is 12.4 Å². The molecule has 0 aromatic carbocycles. The molecule has 1 aliphatic heterocycles. The lowest BCUT2D eigenvalue weighted by Gasteiger charge is -2.37. The molecule has 0 aromatic heterocycles. The SMILES string of the molecule is COC(=O)/C=C/C(=O)OCC[N+]1(C)CCCCC1.Cl. The molecule has 0 N–H and O–H groups in total. The summed E-state index contributed by atoms with van der Waals surface area (Å²) in [6.07, 6.45) is 5.95. The monoisotopic (exact) mass is 292 g/mol. The maximum Gasteiger partial charge on any atom is 0.331 e. The van der Waals surface area contributed by atoms with Crippen molar-refractivity contribution in [3.63, 3.8) is 0 Å².